The number of anilines is 1. The average Bonchev–Trinajstić information content (AvgIpc) is 3.40. The minimum absolute atomic E-state index is 0.202. The van der Waals surface area contributed by atoms with Crippen LogP contribution in [0.3, 0.4) is 0 Å². The van der Waals surface area contributed by atoms with E-state index in [4.69, 9.17) is 4.74 Å². The Hall–Kier alpha value is -3.17. The second-order valence-electron chi connectivity index (χ2n) is 8.20. The number of benzene rings is 2. The van der Waals surface area contributed by atoms with Crippen molar-refractivity contribution in [2.24, 2.45) is 5.92 Å². The smallest absolute Gasteiger partial charge is 0.338 e. The fourth-order valence-corrected chi connectivity index (χ4v) is 5.98. The molecule has 1 N–H and O–H groups in total. The monoisotopic (exact) mass is 498 g/mol. The molecule has 4 rings (SSSR count). The van der Waals surface area contributed by atoms with Gasteiger partial charge < -0.3 is 9.64 Å². The highest BCUT2D eigenvalue weighted by Crippen LogP contribution is 2.22. The second-order valence-corrected chi connectivity index (χ2v) is 11.1. The summed E-state index contributed by atoms with van der Waals surface area (Å²) < 4.78 is 32.4. The summed E-state index contributed by atoms with van der Waals surface area (Å²) in [5.74, 6) is -0.281. The maximum atomic E-state index is 12.5. The summed E-state index contributed by atoms with van der Waals surface area (Å²) in [6.45, 7) is 1.01. The molecule has 1 aromatic heterocycles. The lowest BCUT2D eigenvalue weighted by Crippen LogP contribution is -2.41. The van der Waals surface area contributed by atoms with Crippen LogP contribution in [0.2, 0.25) is 0 Å². The van der Waals surface area contributed by atoms with Gasteiger partial charge in [0.15, 0.2) is 6.61 Å². The van der Waals surface area contributed by atoms with Crippen molar-refractivity contribution in [3.8, 4) is 0 Å². The summed E-state index contributed by atoms with van der Waals surface area (Å²) >= 11 is 1.12. The molecule has 1 saturated heterocycles. The van der Waals surface area contributed by atoms with Crippen molar-refractivity contribution in [2.45, 2.75) is 23.5 Å². The van der Waals surface area contributed by atoms with Gasteiger partial charge in [-0.3, -0.25) is 9.52 Å². The number of carbonyl (C=O) groups excluding carboxylic acids is 2. The zero-order valence-corrected chi connectivity index (χ0v) is 20.2. The average molecular weight is 499 g/mol. The van der Waals surface area contributed by atoms with E-state index >= 15 is 0 Å². The number of thiophene rings is 1. The summed E-state index contributed by atoms with van der Waals surface area (Å²) in [4.78, 5) is 26.6. The van der Waals surface area contributed by atoms with Crippen LogP contribution in [0.5, 0.6) is 0 Å². The number of amides is 1. The molecule has 178 valence electrons. The summed E-state index contributed by atoms with van der Waals surface area (Å²) in [7, 11) is -3.66. The third-order valence-corrected chi connectivity index (χ3v) is 8.57. The van der Waals surface area contributed by atoms with Gasteiger partial charge in [-0.05, 0) is 66.5 Å². The Morgan fingerprint density at radius 3 is 2.32 bits per heavy atom. The number of hydrogen-bond donors (Lipinski definition) is 1. The van der Waals surface area contributed by atoms with E-state index < -0.39 is 16.0 Å². The first-order valence-electron chi connectivity index (χ1n) is 11.1. The van der Waals surface area contributed by atoms with E-state index in [1.807, 2.05) is 18.2 Å². The number of nitrogens with one attached hydrogen (secondary N) is 1. The van der Waals surface area contributed by atoms with Crippen molar-refractivity contribution in [2.75, 3.05) is 24.4 Å². The number of carbonyl (C=O) groups is 2. The van der Waals surface area contributed by atoms with Crippen LogP contribution in [0.25, 0.3) is 0 Å². The number of nitrogens with zero attached hydrogens (tertiary/aromatic N) is 1. The fourth-order valence-electron chi connectivity index (χ4n) is 3.93. The Balaban J connectivity index is 1.22. The van der Waals surface area contributed by atoms with Crippen LogP contribution < -0.4 is 4.72 Å². The van der Waals surface area contributed by atoms with E-state index in [1.54, 1.807) is 16.3 Å². The molecule has 34 heavy (non-hydrogen) atoms. The van der Waals surface area contributed by atoms with Gasteiger partial charge in [-0.25, -0.2) is 13.2 Å². The van der Waals surface area contributed by atoms with Gasteiger partial charge in [0, 0.05) is 18.8 Å². The molecule has 1 aliphatic heterocycles. The van der Waals surface area contributed by atoms with Crippen molar-refractivity contribution < 1.29 is 22.7 Å². The third kappa shape index (κ3) is 6.24. The first-order valence-corrected chi connectivity index (χ1v) is 13.4. The van der Waals surface area contributed by atoms with Crippen LogP contribution in [0, 0.1) is 5.92 Å². The maximum Gasteiger partial charge on any atom is 0.338 e. The molecule has 0 bridgehead atoms. The number of esters is 1. The number of hydrogen-bond acceptors (Lipinski definition) is 6. The highest BCUT2D eigenvalue weighted by atomic mass is 32.2. The van der Waals surface area contributed by atoms with Crippen LogP contribution in [-0.2, 0) is 26.0 Å². The highest BCUT2D eigenvalue weighted by molar-refractivity contribution is 7.94. The van der Waals surface area contributed by atoms with Gasteiger partial charge in [0.1, 0.15) is 4.21 Å². The normalized spacial score (nSPS) is 14.5. The molecule has 1 aliphatic rings. The zero-order chi connectivity index (χ0) is 24.0. The van der Waals surface area contributed by atoms with E-state index in [2.05, 4.69) is 16.9 Å². The summed E-state index contributed by atoms with van der Waals surface area (Å²) in [6.07, 6.45) is 2.87. The van der Waals surface area contributed by atoms with Gasteiger partial charge in [0.05, 0.1) is 5.56 Å². The number of likely N-dealkylation sites (tertiary alicyclic amines) is 1. The third-order valence-electron chi connectivity index (χ3n) is 5.79. The quantitative estimate of drug-likeness (QED) is 0.470. The highest BCUT2D eigenvalue weighted by Gasteiger charge is 2.24. The minimum atomic E-state index is -3.66. The minimum Gasteiger partial charge on any atom is -0.452 e. The molecule has 2 aromatic carbocycles. The van der Waals surface area contributed by atoms with Crippen LogP contribution in [0.15, 0.2) is 76.3 Å². The van der Waals surface area contributed by atoms with Crippen molar-refractivity contribution in [1.82, 2.24) is 4.90 Å². The SMILES string of the molecule is O=C(OCC(=O)N1CCC(Cc2ccccc2)CC1)c1ccc(NS(=O)(=O)c2cccs2)cc1. The standard InChI is InChI=1S/C25H26N2O5S2/c28-23(27-14-12-20(13-15-27)17-19-5-2-1-3-6-19)18-32-25(29)21-8-10-22(11-9-21)26-34(30,31)24-7-4-16-33-24/h1-11,16,20,26H,12-15,17-18H2. The van der Waals surface area contributed by atoms with E-state index in [0.717, 1.165) is 30.6 Å². The van der Waals surface area contributed by atoms with Crippen LogP contribution in [0.1, 0.15) is 28.8 Å². The molecule has 0 aliphatic carbocycles. The molecule has 2 heterocycles. The number of rotatable bonds is 8. The predicted octanol–water partition coefficient (Wildman–Crippen LogP) is 4.19. The molecule has 7 nitrogen and oxygen atoms in total. The van der Waals surface area contributed by atoms with Crippen molar-refractivity contribution in [1.29, 1.82) is 0 Å². The molecule has 0 spiro atoms. The lowest BCUT2D eigenvalue weighted by atomic mass is 9.90. The maximum absolute atomic E-state index is 12.5. The molecule has 0 atom stereocenters. The molecule has 0 saturated carbocycles. The predicted molar refractivity (Wildman–Crippen MR) is 131 cm³/mol. The Morgan fingerprint density at radius 1 is 0.971 bits per heavy atom. The molecule has 0 unspecified atom stereocenters. The van der Waals surface area contributed by atoms with Gasteiger partial charge in [0.25, 0.3) is 15.9 Å². The Kier molecular flexibility index (Phi) is 7.64. The fraction of sp³-hybridized carbons (Fsp3) is 0.280. The van der Waals surface area contributed by atoms with Crippen molar-refractivity contribution in [3.63, 3.8) is 0 Å². The Bertz CT molecular complexity index is 1200. The van der Waals surface area contributed by atoms with Crippen LogP contribution >= 0.6 is 11.3 Å². The zero-order valence-electron chi connectivity index (χ0n) is 18.6. The first kappa shape index (κ1) is 24.0. The topological polar surface area (TPSA) is 92.8 Å². The van der Waals surface area contributed by atoms with E-state index in [0.29, 0.717) is 24.7 Å². The Morgan fingerprint density at radius 2 is 1.68 bits per heavy atom. The van der Waals surface area contributed by atoms with E-state index in [-0.39, 0.29) is 22.3 Å². The van der Waals surface area contributed by atoms with Gasteiger partial charge in [-0.2, -0.15) is 0 Å². The summed E-state index contributed by atoms with van der Waals surface area (Å²) in [6, 6.07) is 19.4. The van der Waals surface area contributed by atoms with E-state index in [9.17, 15) is 18.0 Å². The lowest BCUT2D eigenvalue weighted by Gasteiger charge is -2.32. The molecular weight excluding hydrogens is 472 g/mol. The lowest BCUT2D eigenvalue weighted by molar-refractivity contribution is -0.135. The number of piperidine rings is 1. The molecular formula is C25H26N2O5S2. The summed E-state index contributed by atoms with van der Waals surface area (Å²) in [5.41, 5.74) is 1.89. The summed E-state index contributed by atoms with van der Waals surface area (Å²) in [5, 5.41) is 1.68. The van der Waals surface area contributed by atoms with Gasteiger partial charge in [-0.15, -0.1) is 11.3 Å². The van der Waals surface area contributed by atoms with Gasteiger partial charge in [0.2, 0.25) is 0 Å². The van der Waals surface area contributed by atoms with Crippen molar-refractivity contribution in [3.05, 3.63) is 83.2 Å². The molecule has 3 aromatic rings. The van der Waals surface area contributed by atoms with Gasteiger partial charge in [-0.1, -0.05) is 36.4 Å². The molecule has 0 radical (unpaired) electrons. The molecule has 9 heteroatoms. The van der Waals surface area contributed by atoms with E-state index in [1.165, 1.54) is 35.9 Å². The first-order chi connectivity index (χ1) is 16.4. The molecule has 1 amide bonds. The number of ether oxygens (including phenoxy) is 1. The Labute approximate surface area is 203 Å². The second kappa shape index (κ2) is 10.8. The van der Waals surface area contributed by atoms with Gasteiger partial charge >= 0.3 is 5.97 Å². The van der Waals surface area contributed by atoms with Crippen LogP contribution in [0.4, 0.5) is 5.69 Å². The number of sulfonamides is 1. The molecule has 1 fully saturated rings. The van der Waals surface area contributed by atoms with Crippen molar-refractivity contribution >= 4 is 38.9 Å². The van der Waals surface area contributed by atoms with Crippen LogP contribution in [-0.4, -0.2) is 44.9 Å². The largest absolute Gasteiger partial charge is 0.452 e.